The van der Waals surface area contributed by atoms with E-state index in [2.05, 4.69) is 4.74 Å². The third-order valence-corrected chi connectivity index (χ3v) is 2.12. The minimum atomic E-state index is -0.351. The fourth-order valence-electron chi connectivity index (χ4n) is 1.23. The summed E-state index contributed by atoms with van der Waals surface area (Å²) in [4.78, 5) is 21.5. The van der Waals surface area contributed by atoms with Crippen LogP contribution in [-0.4, -0.2) is 33.1 Å². The zero-order valence-electron chi connectivity index (χ0n) is 9.76. The summed E-state index contributed by atoms with van der Waals surface area (Å²) in [6.45, 7) is 0.172. The molecule has 0 heterocycles. The van der Waals surface area contributed by atoms with Crippen LogP contribution in [0.15, 0.2) is 18.2 Å². The minimum Gasteiger partial charge on any atom is -0.493 e. The molecule has 17 heavy (non-hydrogen) atoms. The Morgan fingerprint density at radius 2 is 2.06 bits per heavy atom. The number of esters is 1. The Hall–Kier alpha value is -2.04. The lowest BCUT2D eigenvalue weighted by atomic mass is 10.2. The Kier molecular flexibility index (Phi) is 5.00. The van der Waals surface area contributed by atoms with Crippen molar-refractivity contribution in [3.63, 3.8) is 0 Å². The van der Waals surface area contributed by atoms with Crippen molar-refractivity contribution >= 4 is 12.3 Å². The Morgan fingerprint density at radius 1 is 1.29 bits per heavy atom. The van der Waals surface area contributed by atoms with Gasteiger partial charge in [0, 0.05) is 5.56 Å². The molecule has 1 aromatic carbocycles. The maximum absolute atomic E-state index is 10.9. The highest BCUT2D eigenvalue weighted by molar-refractivity contribution is 5.76. The number of methoxy groups -OCH3 is 2. The van der Waals surface area contributed by atoms with Gasteiger partial charge in [-0.25, -0.2) is 0 Å². The summed E-state index contributed by atoms with van der Waals surface area (Å²) >= 11 is 0. The summed E-state index contributed by atoms with van der Waals surface area (Å²) in [5.41, 5.74) is 0.485. The van der Waals surface area contributed by atoms with Crippen LogP contribution >= 0.6 is 0 Å². The maximum Gasteiger partial charge on any atom is 0.308 e. The molecule has 0 aromatic heterocycles. The molecule has 92 valence electrons. The maximum atomic E-state index is 10.9. The lowest BCUT2D eigenvalue weighted by Gasteiger charge is -2.10. The Labute approximate surface area is 99.3 Å². The van der Waals surface area contributed by atoms with Gasteiger partial charge in [0.05, 0.1) is 27.2 Å². The molecule has 0 aliphatic heterocycles. The first kappa shape index (κ1) is 13.0. The van der Waals surface area contributed by atoms with E-state index in [9.17, 15) is 9.59 Å². The molecule has 0 radical (unpaired) electrons. The molecule has 1 aromatic rings. The minimum absolute atomic E-state index is 0.144. The molecule has 0 amide bonds. The zero-order valence-corrected chi connectivity index (χ0v) is 9.76. The van der Waals surface area contributed by atoms with Crippen LogP contribution in [-0.2, 0) is 9.53 Å². The van der Waals surface area contributed by atoms with Gasteiger partial charge in [-0.15, -0.1) is 0 Å². The van der Waals surface area contributed by atoms with E-state index < -0.39 is 0 Å². The van der Waals surface area contributed by atoms with Crippen molar-refractivity contribution in [1.29, 1.82) is 0 Å². The van der Waals surface area contributed by atoms with E-state index in [-0.39, 0.29) is 19.0 Å². The van der Waals surface area contributed by atoms with E-state index >= 15 is 0 Å². The molecule has 0 aliphatic rings. The van der Waals surface area contributed by atoms with Crippen LogP contribution in [0.1, 0.15) is 16.8 Å². The summed E-state index contributed by atoms with van der Waals surface area (Å²) in [5, 5.41) is 0. The van der Waals surface area contributed by atoms with Crippen molar-refractivity contribution in [2.45, 2.75) is 6.42 Å². The standard InChI is InChI=1S/C12H14O5/c1-15-10-4-3-9(8-13)7-11(10)17-6-5-12(14)16-2/h3-4,7-8H,5-6H2,1-2H3. The molecule has 0 spiro atoms. The number of ether oxygens (including phenoxy) is 3. The second-order valence-corrected chi connectivity index (χ2v) is 3.20. The molecule has 5 heteroatoms. The van der Waals surface area contributed by atoms with Gasteiger partial charge in [0.2, 0.25) is 0 Å². The van der Waals surface area contributed by atoms with Crippen molar-refractivity contribution in [3.05, 3.63) is 23.8 Å². The first-order chi connectivity index (χ1) is 8.21. The van der Waals surface area contributed by atoms with Gasteiger partial charge in [-0.05, 0) is 18.2 Å². The highest BCUT2D eigenvalue weighted by atomic mass is 16.5. The fraction of sp³-hybridized carbons (Fsp3) is 0.333. The average molecular weight is 238 g/mol. The number of carbonyl (C=O) groups excluding carboxylic acids is 2. The van der Waals surface area contributed by atoms with Crippen LogP contribution in [0.2, 0.25) is 0 Å². The average Bonchev–Trinajstić information content (AvgIpc) is 2.38. The van der Waals surface area contributed by atoms with Crippen LogP contribution < -0.4 is 9.47 Å². The summed E-state index contributed by atoms with van der Waals surface area (Å²) in [7, 11) is 2.82. The highest BCUT2D eigenvalue weighted by Gasteiger charge is 2.07. The normalized spacial score (nSPS) is 9.53. The number of rotatable bonds is 6. The van der Waals surface area contributed by atoms with Crippen LogP contribution in [0.5, 0.6) is 11.5 Å². The van der Waals surface area contributed by atoms with E-state index in [0.29, 0.717) is 23.3 Å². The van der Waals surface area contributed by atoms with Gasteiger partial charge in [0.15, 0.2) is 11.5 Å². The van der Waals surface area contributed by atoms with Crippen molar-refractivity contribution in [2.75, 3.05) is 20.8 Å². The van der Waals surface area contributed by atoms with Gasteiger partial charge in [0.25, 0.3) is 0 Å². The quantitative estimate of drug-likeness (QED) is 0.554. The van der Waals surface area contributed by atoms with Crippen molar-refractivity contribution in [1.82, 2.24) is 0 Å². The van der Waals surface area contributed by atoms with Gasteiger partial charge < -0.3 is 14.2 Å². The van der Waals surface area contributed by atoms with Gasteiger partial charge in [0.1, 0.15) is 6.29 Å². The van der Waals surface area contributed by atoms with Crippen LogP contribution in [0, 0.1) is 0 Å². The molecule has 0 fully saturated rings. The van der Waals surface area contributed by atoms with Crippen LogP contribution in [0.25, 0.3) is 0 Å². The summed E-state index contributed by atoms with van der Waals surface area (Å²) in [5.74, 6) is 0.594. The highest BCUT2D eigenvalue weighted by Crippen LogP contribution is 2.27. The van der Waals surface area contributed by atoms with Crippen LogP contribution in [0.3, 0.4) is 0 Å². The lowest BCUT2D eigenvalue weighted by Crippen LogP contribution is -2.08. The summed E-state index contributed by atoms with van der Waals surface area (Å²) < 4.78 is 14.9. The zero-order chi connectivity index (χ0) is 12.7. The van der Waals surface area contributed by atoms with E-state index in [4.69, 9.17) is 9.47 Å². The number of aldehydes is 1. The van der Waals surface area contributed by atoms with E-state index in [1.165, 1.54) is 14.2 Å². The van der Waals surface area contributed by atoms with Crippen molar-refractivity contribution in [3.8, 4) is 11.5 Å². The van der Waals surface area contributed by atoms with Gasteiger partial charge in [-0.2, -0.15) is 0 Å². The number of benzene rings is 1. The molecule has 0 saturated heterocycles. The van der Waals surface area contributed by atoms with Gasteiger partial charge in [-0.1, -0.05) is 0 Å². The Morgan fingerprint density at radius 3 is 2.65 bits per heavy atom. The molecule has 0 atom stereocenters. The van der Waals surface area contributed by atoms with Gasteiger partial charge in [-0.3, -0.25) is 9.59 Å². The number of carbonyl (C=O) groups is 2. The number of hydrogen-bond donors (Lipinski definition) is 0. The summed E-state index contributed by atoms with van der Waals surface area (Å²) in [6, 6.07) is 4.82. The predicted octanol–water partition coefficient (Wildman–Crippen LogP) is 1.45. The summed E-state index contributed by atoms with van der Waals surface area (Å²) in [6.07, 6.45) is 0.859. The molecule has 5 nitrogen and oxygen atoms in total. The largest absolute Gasteiger partial charge is 0.493 e. The van der Waals surface area contributed by atoms with E-state index in [0.717, 1.165) is 0 Å². The smallest absolute Gasteiger partial charge is 0.308 e. The molecule has 0 bridgehead atoms. The third kappa shape index (κ3) is 3.79. The molecule has 0 saturated carbocycles. The van der Waals surface area contributed by atoms with Crippen molar-refractivity contribution < 1.29 is 23.8 Å². The van der Waals surface area contributed by atoms with Crippen molar-refractivity contribution in [2.24, 2.45) is 0 Å². The predicted molar refractivity (Wildman–Crippen MR) is 60.5 cm³/mol. The molecular weight excluding hydrogens is 224 g/mol. The fourth-order valence-corrected chi connectivity index (χ4v) is 1.23. The second-order valence-electron chi connectivity index (χ2n) is 3.20. The third-order valence-electron chi connectivity index (χ3n) is 2.12. The Bertz CT molecular complexity index is 400. The Balaban J connectivity index is 2.67. The first-order valence-corrected chi connectivity index (χ1v) is 5.04. The SMILES string of the molecule is COC(=O)CCOc1cc(C=O)ccc1OC. The molecule has 0 aliphatic carbocycles. The molecule has 0 unspecified atom stereocenters. The van der Waals surface area contributed by atoms with E-state index in [1.54, 1.807) is 18.2 Å². The van der Waals surface area contributed by atoms with E-state index in [1.807, 2.05) is 0 Å². The molecule has 1 rings (SSSR count). The second kappa shape index (κ2) is 6.52. The molecule has 0 N–H and O–H groups in total. The van der Waals surface area contributed by atoms with Crippen LogP contribution in [0.4, 0.5) is 0 Å². The molecular formula is C12H14O5. The monoisotopic (exact) mass is 238 g/mol. The number of hydrogen-bond acceptors (Lipinski definition) is 5. The first-order valence-electron chi connectivity index (χ1n) is 5.04. The lowest BCUT2D eigenvalue weighted by molar-refractivity contribution is -0.141. The topological polar surface area (TPSA) is 61.8 Å². The van der Waals surface area contributed by atoms with Gasteiger partial charge >= 0.3 is 5.97 Å².